The van der Waals surface area contributed by atoms with Crippen molar-refractivity contribution in [3.63, 3.8) is 0 Å². The fraction of sp³-hybridized carbons (Fsp3) is 1.00. The van der Waals surface area contributed by atoms with Gasteiger partial charge in [-0.25, -0.2) is 0 Å². The molecular formula is C24H55ClO2Si3. The van der Waals surface area contributed by atoms with Gasteiger partial charge in [0.25, 0.3) is 0 Å². The first-order valence-electron chi connectivity index (χ1n) is 13.1. The molecule has 0 amide bonds. The highest BCUT2D eigenvalue weighted by molar-refractivity contribution is 7.17. The van der Waals surface area contributed by atoms with Crippen LogP contribution < -0.4 is 0 Å². The van der Waals surface area contributed by atoms with E-state index in [1.54, 1.807) is 0 Å². The molecule has 0 aliphatic rings. The molecule has 0 aliphatic carbocycles. The molecule has 0 radical (unpaired) electrons. The Hall–Kier alpha value is 0.861. The molecule has 0 atom stereocenters. The van der Waals surface area contributed by atoms with E-state index in [1.807, 2.05) is 0 Å². The van der Waals surface area contributed by atoms with Gasteiger partial charge in [-0.3, -0.25) is 0 Å². The van der Waals surface area contributed by atoms with Crippen LogP contribution in [0.2, 0.25) is 45.3 Å². The summed E-state index contributed by atoms with van der Waals surface area (Å²) >= 11 is 6.94. The number of hydrogen-bond acceptors (Lipinski definition) is 2. The average molecular weight is 495 g/mol. The third-order valence-corrected chi connectivity index (χ3v) is 15.5. The van der Waals surface area contributed by atoms with Crippen molar-refractivity contribution in [3.05, 3.63) is 0 Å². The molecule has 0 saturated carbocycles. The smallest absolute Gasteiger partial charge is 0.422 e. The van der Waals surface area contributed by atoms with Crippen molar-refractivity contribution >= 4 is 35.6 Å². The molecule has 2 nitrogen and oxygen atoms in total. The summed E-state index contributed by atoms with van der Waals surface area (Å²) in [6.07, 6.45) is 22.3. The lowest BCUT2D eigenvalue weighted by atomic mass is 10.0. The lowest BCUT2D eigenvalue weighted by molar-refractivity contribution is 0.399. The Bertz CT molecular complexity index is 379. The molecule has 0 saturated heterocycles. The largest absolute Gasteiger partial charge is 0.426 e. The topological polar surface area (TPSA) is 18.5 Å². The van der Waals surface area contributed by atoms with E-state index in [4.69, 9.17) is 19.3 Å². The molecule has 0 aromatic rings. The SMILES string of the molecule is CCCCCCCCCCCCCCCCCC[Si](Cl)(O[Si](C)(C)C)O[Si](C)(C)C. The number of rotatable bonds is 21. The van der Waals surface area contributed by atoms with Crippen molar-refractivity contribution in [3.8, 4) is 0 Å². The second-order valence-electron chi connectivity index (χ2n) is 11.1. The third-order valence-electron chi connectivity index (χ3n) is 5.25. The molecule has 0 aromatic carbocycles. The Kier molecular flexibility index (Phi) is 17.8. The zero-order chi connectivity index (χ0) is 22.9. The highest BCUT2D eigenvalue weighted by Gasteiger charge is 2.43. The van der Waals surface area contributed by atoms with E-state index in [2.05, 4.69) is 46.2 Å². The third kappa shape index (κ3) is 22.1. The van der Waals surface area contributed by atoms with E-state index in [-0.39, 0.29) is 0 Å². The molecule has 0 aliphatic heterocycles. The van der Waals surface area contributed by atoms with E-state index >= 15 is 0 Å². The average Bonchev–Trinajstić information content (AvgIpc) is 2.58. The summed E-state index contributed by atoms with van der Waals surface area (Å²) in [5.41, 5.74) is 0. The first-order chi connectivity index (χ1) is 14.0. The molecule has 0 unspecified atom stereocenters. The standard InChI is InChI=1S/C24H55ClO2Si3/c1-8-9-10-11-12-13-14-15-16-17-18-19-20-21-22-23-24-30(25,26-28(2,3)4)27-29(5,6)7/h8-24H2,1-7H3. The van der Waals surface area contributed by atoms with E-state index in [0.29, 0.717) is 0 Å². The zero-order valence-corrected chi connectivity index (χ0v) is 25.5. The monoisotopic (exact) mass is 494 g/mol. The predicted octanol–water partition coefficient (Wildman–Crippen LogP) is 10.1. The van der Waals surface area contributed by atoms with Crippen LogP contribution >= 0.6 is 11.1 Å². The van der Waals surface area contributed by atoms with Crippen LogP contribution in [0.1, 0.15) is 110 Å². The molecule has 0 rings (SSSR count). The van der Waals surface area contributed by atoms with Gasteiger partial charge in [-0.1, -0.05) is 110 Å². The minimum atomic E-state index is -2.53. The highest BCUT2D eigenvalue weighted by atomic mass is 35.6. The van der Waals surface area contributed by atoms with Crippen LogP contribution in [0.15, 0.2) is 0 Å². The van der Waals surface area contributed by atoms with Crippen LogP contribution in [0, 0.1) is 0 Å². The van der Waals surface area contributed by atoms with Gasteiger partial charge in [-0.2, -0.15) is 0 Å². The highest BCUT2D eigenvalue weighted by Crippen LogP contribution is 2.30. The summed E-state index contributed by atoms with van der Waals surface area (Å²) in [4.78, 5) is 0. The van der Waals surface area contributed by atoms with Crippen LogP contribution in [0.4, 0.5) is 0 Å². The van der Waals surface area contributed by atoms with Crippen LogP contribution in [0.25, 0.3) is 0 Å². The zero-order valence-electron chi connectivity index (χ0n) is 21.7. The maximum Gasteiger partial charge on any atom is 0.422 e. The first-order valence-corrected chi connectivity index (χ1v) is 22.9. The first kappa shape index (κ1) is 30.9. The second kappa shape index (κ2) is 17.4. The maximum absolute atomic E-state index is 6.94. The van der Waals surface area contributed by atoms with Gasteiger partial charge in [0.15, 0.2) is 16.6 Å². The Morgan fingerprint density at radius 3 is 1.00 bits per heavy atom. The van der Waals surface area contributed by atoms with Crippen molar-refractivity contribution in [1.82, 2.24) is 0 Å². The Labute approximate surface area is 198 Å². The van der Waals surface area contributed by atoms with Gasteiger partial charge < -0.3 is 8.23 Å². The summed E-state index contributed by atoms with van der Waals surface area (Å²) in [6.45, 7) is 15.6. The van der Waals surface area contributed by atoms with Crippen LogP contribution in [0.3, 0.4) is 0 Å². The van der Waals surface area contributed by atoms with Crippen molar-refractivity contribution in [1.29, 1.82) is 0 Å². The lowest BCUT2D eigenvalue weighted by Crippen LogP contribution is -2.50. The van der Waals surface area contributed by atoms with Gasteiger partial charge in [0.2, 0.25) is 0 Å². The van der Waals surface area contributed by atoms with Crippen molar-refractivity contribution in [2.24, 2.45) is 0 Å². The van der Waals surface area contributed by atoms with Gasteiger partial charge >= 0.3 is 7.87 Å². The van der Waals surface area contributed by atoms with Gasteiger partial charge in [0.1, 0.15) is 0 Å². The number of hydrogen-bond donors (Lipinski definition) is 0. The van der Waals surface area contributed by atoms with Gasteiger partial charge in [0, 0.05) is 6.04 Å². The Balaban J connectivity index is 3.66. The summed E-state index contributed by atoms with van der Waals surface area (Å²) in [7, 11) is -5.88. The fourth-order valence-corrected chi connectivity index (χ4v) is 17.8. The molecular weight excluding hydrogens is 440 g/mol. The Morgan fingerprint density at radius 1 is 0.467 bits per heavy atom. The normalized spacial score (nSPS) is 13.2. The molecule has 0 fully saturated rings. The van der Waals surface area contributed by atoms with Crippen LogP contribution in [0.5, 0.6) is 0 Å². The Morgan fingerprint density at radius 2 is 0.733 bits per heavy atom. The van der Waals surface area contributed by atoms with E-state index in [0.717, 1.165) is 12.5 Å². The number of unbranched alkanes of at least 4 members (excludes halogenated alkanes) is 15. The molecule has 6 heteroatoms. The van der Waals surface area contributed by atoms with Crippen molar-refractivity contribution < 1.29 is 8.23 Å². The molecule has 0 bridgehead atoms. The quantitative estimate of drug-likeness (QED) is 0.0896. The summed E-state index contributed by atoms with van der Waals surface area (Å²) in [5.74, 6) is 0. The fourth-order valence-electron chi connectivity index (χ4n) is 3.92. The lowest BCUT2D eigenvalue weighted by Gasteiger charge is -2.36. The molecule has 0 heterocycles. The molecule has 182 valence electrons. The summed E-state index contributed by atoms with van der Waals surface area (Å²) in [6, 6.07) is 0.946. The minimum absolute atomic E-state index is 0.946. The number of halogens is 1. The predicted molar refractivity (Wildman–Crippen MR) is 145 cm³/mol. The van der Waals surface area contributed by atoms with Crippen LogP contribution in [-0.2, 0) is 8.23 Å². The minimum Gasteiger partial charge on any atom is -0.426 e. The van der Waals surface area contributed by atoms with Gasteiger partial charge in [0.05, 0.1) is 0 Å². The summed E-state index contributed by atoms with van der Waals surface area (Å²) < 4.78 is 12.8. The van der Waals surface area contributed by atoms with Crippen molar-refractivity contribution in [2.45, 2.75) is 155 Å². The van der Waals surface area contributed by atoms with Gasteiger partial charge in [-0.05, 0) is 39.3 Å². The molecule has 0 aromatic heterocycles. The van der Waals surface area contributed by atoms with Crippen molar-refractivity contribution in [2.75, 3.05) is 0 Å². The van der Waals surface area contributed by atoms with E-state index < -0.39 is 24.5 Å². The van der Waals surface area contributed by atoms with E-state index in [9.17, 15) is 0 Å². The second-order valence-corrected chi connectivity index (χ2v) is 24.8. The maximum atomic E-state index is 6.94. The molecule has 0 spiro atoms. The molecule has 30 heavy (non-hydrogen) atoms. The van der Waals surface area contributed by atoms with E-state index in [1.165, 1.54) is 96.3 Å². The molecule has 0 N–H and O–H groups in total. The van der Waals surface area contributed by atoms with Crippen LogP contribution in [-0.4, -0.2) is 24.5 Å². The summed E-state index contributed by atoms with van der Waals surface area (Å²) in [5, 5.41) is 0. The van der Waals surface area contributed by atoms with Gasteiger partial charge in [-0.15, -0.1) is 11.1 Å².